The fourth-order valence-corrected chi connectivity index (χ4v) is 4.92. The van der Waals surface area contributed by atoms with E-state index < -0.39 is 44.7 Å². The van der Waals surface area contributed by atoms with E-state index in [0.717, 1.165) is 11.8 Å². The van der Waals surface area contributed by atoms with Gasteiger partial charge in [0.2, 0.25) is 5.43 Å². The van der Waals surface area contributed by atoms with Crippen molar-refractivity contribution in [2.24, 2.45) is 5.92 Å². The Hall–Kier alpha value is -3.83. The second kappa shape index (κ2) is 9.57. The van der Waals surface area contributed by atoms with Crippen LogP contribution in [-0.2, 0) is 16.7 Å². The first-order valence-electron chi connectivity index (χ1n) is 10.3. The number of H-pyrrole nitrogens is 1. The molecule has 34 heavy (non-hydrogen) atoms. The molecule has 11 heteroatoms. The van der Waals surface area contributed by atoms with Crippen LogP contribution in [-0.4, -0.2) is 43.6 Å². The molecule has 0 aliphatic rings. The summed E-state index contributed by atoms with van der Waals surface area (Å²) in [6.07, 6.45) is 3.91. The molecule has 2 aromatic carbocycles. The molecule has 0 spiro atoms. The molecule has 9 nitrogen and oxygen atoms in total. The summed E-state index contributed by atoms with van der Waals surface area (Å²) >= 11 is 0. The van der Waals surface area contributed by atoms with Gasteiger partial charge in [-0.1, -0.05) is 42.5 Å². The molecule has 0 aliphatic heterocycles. The first kappa shape index (κ1) is 23.3. The summed E-state index contributed by atoms with van der Waals surface area (Å²) < 4.78 is 49.0. The van der Waals surface area contributed by atoms with E-state index in [9.17, 15) is 27.3 Å². The number of aromatic amines is 1. The van der Waals surface area contributed by atoms with Crippen LogP contribution < -0.4 is 5.43 Å². The highest BCUT2D eigenvalue weighted by Crippen LogP contribution is 2.35. The zero-order valence-corrected chi connectivity index (χ0v) is 18.6. The van der Waals surface area contributed by atoms with Gasteiger partial charge in [-0.05, 0) is 23.3 Å². The van der Waals surface area contributed by atoms with E-state index in [1.54, 1.807) is 35.0 Å². The van der Waals surface area contributed by atoms with Gasteiger partial charge in [0.1, 0.15) is 11.5 Å². The molecule has 3 N–H and O–H groups in total. The molecule has 4 rings (SSSR count). The minimum Gasteiger partial charge on any atom is -0.503 e. The molecule has 0 unspecified atom stereocenters. The molecule has 176 valence electrons. The second-order valence-corrected chi connectivity index (χ2v) is 9.31. The molecule has 2 heterocycles. The Morgan fingerprint density at radius 2 is 1.74 bits per heavy atom. The van der Waals surface area contributed by atoms with Crippen LogP contribution in [0.5, 0.6) is 5.75 Å². The van der Waals surface area contributed by atoms with E-state index in [-0.39, 0.29) is 18.1 Å². The number of aromatic nitrogens is 4. The van der Waals surface area contributed by atoms with Gasteiger partial charge < -0.3 is 9.67 Å². The van der Waals surface area contributed by atoms with E-state index in [4.69, 9.17) is 0 Å². The van der Waals surface area contributed by atoms with Gasteiger partial charge in [0.15, 0.2) is 11.6 Å². The van der Waals surface area contributed by atoms with Crippen LogP contribution in [0.1, 0.15) is 17.0 Å². The third-order valence-corrected chi connectivity index (χ3v) is 6.33. The fourth-order valence-electron chi connectivity index (χ4n) is 4.08. The topological polar surface area (TPSA) is 138 Å². The number of nitrogens with one attached hydrogen (secondary N) is 1. The number of halogens is 1. The zero-order chi connectivity index (χ0) is 24.3. The molecule has 0 amide bonds. The number of hydrogen-bond donors (Lipinski definition) is 3. The number of hydrogen-bond acceptors (Lipinski definition) is 6. The number of nitrogens with zero attached hydrogens (tertiary/aromatic N) is 3. The molecule has 0 fully saturated rings. The Balaban J connectivity index is 1.82. The van der Waals surface area contributed by atoms with Crippen molar-refractivity contribution in [3.63, 3.8) is 0 Å². The maximum absolute atomic E-state index is 13.6. The summed E-state index contributed by atoms with van der Waals surface area (Å²) in [5.41, 5.74) is 0.690. The predicted octanol–water partition coefficient (Wildman–Crippen LogP) is 2.81. The van der Waals surface area contributed by atoms with Crippen molar-refractivity contribution in [1.29, 1.82) is 0 Å². The number of benzene rings is 2. The normalized spacial score (nSPS) is 13.5. The minimum atomic E-state index is -4.42. The molecule has 2 aromatic heterocycles. The molecule has 0 bridgehead atoms. The van der Waals surface area contributed by atoms with Crippen LogP contribution in [0, 0.1) is 11.7 Å². The van der Waals surface area contributed by atoms with Crippen molar-refractivity contribution >= 4 is 10.1 Å². The summed E-state index contributed by atoms with van der Waals surface area (Å²) in [6.45, 7) is 0.0302. The van der Waals surface area contributed by atoms with E-state index in [2.05, 4.69) is 15.2 Å². The minimum absolute atomic E-state index is 0.0267. The summed E-state index contributed by atoms with van der Waals surface area (Å²) in [7, 11) is -4.42. The van der Waals surface area contributed by atoms with Gasteiger partial charge in [0, 0.05) is 30.8 Å². The molecule has 0 aliphatic carbocycles. The molecular weight excluding hydrogens is 463 g/mol. The van der Waals surface area contributed by atoms with Crippen LogP contribution >= 0.6 is 0 Å². The van der Waals surface area contributed by atoms with Gasteiger partial charge in [-0.25, -0.2) is 9.37 Å². The first-order valence-corrected chi connectivity index (χ1v) is 11.9. The smallest absolute Gasteiger partial charge is 0.265 e. The van der Waals surface area contributed by atoms with Gasteiger partial charge in [0.05, 0.1) is 11.9 Å². The standard InChI is InChI=1S/C23H21FN4O5S/c24-18-8-6-16(7-9-18)20(15-4-2-1-3-5-15)17(14-34(31,32)33)13-28-11-10-25-23(28)21-22(30)19(29)12-26-27-21/h1-12,17,20H,13-14H2,(H,26,30)(H,27,29)(H,31,32,33)/t17-,20-/m1/s1. The number of aromatic hydroxyl groups is 1. The van der Waals surface area contributed by atoms with Crippen LogP contribution in [0.3, 0.4) is 0 Å². The highest BCUT2D eigenvalue weighted by atomic mass is 32.2. The summed E-state index contributed by atoms with van der Waals surface area (Å²) in [5.74, 6) is -2.73. The van der Waals surface area contributed by atoms with E-state index in [0.29, 0.717) is 5.56 Å². The SMILES string of the molecule is O=c1cn[nH]c(-c2nccn2C[C@H](CS(=O)(=O)O)[C@H](c2ccccc2)c2ccc(F)cc2)c1O. The van der Waals surface area contributed by atoms with Gasteiger partial charge in [-0.2, -0.15) is 13.5 Å². The van der Waals surface area contributed by atoms with E-state index in [1.807, 2.05) is 18.2 Å². The lowest BCUT2D eigenvalue weighted by Crippen LogP contribution is -2.27. The van der Waals surface area contributed by atoms with E-state index in [1.165, 1.54) is 18.3 Å². The third-order valence-electron chi connectivity index (χ3n) is 5.48. The molecule has 0 saturated heterocycles. The van der Waals surface area contributed by atoms with Crippen LogP contribution in [0.15, 0.2) is 78.0 Å². The molecule has 0 radical (unpaired) electrons. The Labute approximate surface area is 194 Å². The van der Waals surface area contributed by atoms with Crippen molar-refractivity contribution in [3.05, 3.63) is 100 Å². The van der Waals surface area contributed by atoms with E-state index >= 15 is 0 Å². The highest BCUT2D eigenvalue weighted by Gasteiger charge is 2.30. The zero-order valence-electron chi connectivity index (χ0n) is 17.7. The Kier molecular flexibility index (Phi) is 6.57. The fraction of sp³-hybridized carbons (Fsp3) is 0.174. The quantitative estimate of drug-likeness (QED) is 0.327. The van der Waals surface area contributed by atoms with Gasteiger partial charge >= 0.3 is 0 Å². The number of rotatable bonds is 8. The lowest BCUT2D eigenvalue weighted by Gasteiger charge is -2.28. The lowest BCUT2D eigenvalue weighted by molar-refractivity contribution is 0.409. The van der Waals surface area contributed by atoms with Crippen LogP contribution in [0.25, 0.3) is 11.5 Å². The van der Waals surface area contributed by atoms with Gasteiger partial charge in [-0.3, -0.25) is 14.4 Å². The Morgan fingerprint density at radius 3 is 2.41 bits per heavy atom. The van der Waals surface area contributed by atoms with Crippen molar-refractivity contribution in [2.75, 3.05) is 5.75 Å². The average Bonchev–Trinajstić information content (AvgIpc) is 3.24. The predicted molar refractivity (Wildman–Crippen MR) is 122 cm³/mol. The van der Waals surface area contributed by atoms with Gasteiger partial charge in [-0.15, -0.1) is 0 Å². The Morgan fingerprint density at radius 1 is 1.06 bits per heavy atom. The average molecular weight is 485 g/mol. The molecule has 2 atom stereocenters. The monoisotopic (exact) mass is 484 g/mol. The van der Waals surface area contributed by atoms with Crippen molar-refractivity contribution in [3.8, 4) is 17.3 Å². The maximum Gasteiger partial charge on any atom is 0.265 e. The lowest BCUT2D eigenvalue weighted by atomic mass is 9.81. The third kappa shape index (κ3) is 5.21. The van der Waals surface area contributed by atoms with Crippen LogP contribution in [0.4, 0.5) is 4.39 Å². The maximum atomic E-state index is 13.6. The van der Waals surface area contributed by atoms with Crippen molar-refractivity contribution < 1.29 is 22.5 Å². The largest absolute Gasteiger partial charge is 0.503 e. The van der Waals surface area contributed by atoms with Crippen LogP contribution in [0.2, 0.25) is 0 Å². The second-order valence-electron chi connectivity index (χ2n) is 7.81. The molecular formula is C23H21FN4O5S. The van der Waals surface area contributed by atoms with Gasteiger partial charge in [0.25, 0.3) is 10.1 Å². The summed E-state index contributed by atoms with van der Waals surface area (Å²) in [5, 5.41) is 16.4. The summed E-state index contributed by atoms with van der Waals surface area (Å²) in [4.78, 5) is 16.0. The summed E-state index contributed by atoms with van der Waals surface area (Å²) in [6, 6.07) is 14.8. The highest BCUT2D eigenvalue weighted by molar-refractivity contribution is 7.85. The molecule has 0 saturated carbocycles. The van der Waals surface area contributed by atoms with Crippen molar-refractivity contribution in [1.82, 2.24) is 19.7 Å². The van der Waals surface area contributed by atoms with Crippen molar-refractivity contribution in [2.45, 2.75) is 12.5 Å². The molecule has 4 aromatic rings. The number of imidazole rings is 1. The Bertz CT molecular complexity index is 1440. The first-order chi connectivity index (χ1) is 16.2.